The number of piperidine rings is 1. The maximum atomic E-state index is 12.3. The third kappa shape index (κ3) is 4.75. The van der Waals surface area contributed by atoms with Crippen molar-refractivity contribution < 1.29 is 14.0 Å². The van der Waals surface area contributed by atoms with Crippen LogP contribution in [0.1, 0.15) is 36.2 Å². The molecule has 2 amide bonds. The molecule has 1 aromatic heterocycles. The molecule has 2 rings (SSSR count). The molecule has 2 heterocycles. The van der Waals surface area contributed by atoms with Gasteiger partial charge in [0.1, 0.15) is 0 Å². The highest BCUT2D eigenvalue weighted by Gasteiger charge is 2.28. The van der Waals surface area contributed by atoms with E-state index in [1.54, 1.807) is 17.0 Å². The number of likely N-dealkylation sites (tertiary alicyclic amines) is 1. The first kappa shape index (κ1) is 17.5. The average molecular weight is 316 g/mol. The van der Waals surface area contributed by atoms with Crippen molar-refractivity contribution in [2.45, 2.75) is 31.7 Å². The molecule has 21 heavy (non-hydrogen) atoms. The molecule has 7 heteroatoms. The average Bonchev–Trinajstić information content (AvgIpc) is 2.99. The van der Waals surface area contributed by atoms with Crippen LogP contribution in [0.5, 0.6) is 0 Å². The number of amides is 2. The van der Waals surface area contributed by atoms with Crippen LogP contribution >= 0.6 is 12.4 Å². The van der Waals surface area contributed by atoms with Crippen molar-refractivity contribution in [3.8, 4) is 0 Å². The fourth-order valence-electron chi connectivity index (χ4n) is 2.47. The largest absolute Gasteiger partial charge is 0.459 e. The Morgan fingerprint density at radius 1 is 1.43 bits per heavy atom. The molecule has 1 atom stereocenters. The van der Waals surface area contributed by atoms with E-state index in [9.17, 15) is 9.59 Å². The van der Waals surface area contributed by atoms with Crippen molar-refractivity contribution >= 4 is 24.2 Å². The molecule has 6 nitrogen and oxygen atoms in total. The number of nitrogens with one attached hydrogen (secondary N) is 1. The molecule has 1 aliphatic rings. The highest BCUT2D eigenvalue weighted by molar-refractivity contribution is 5.91. The molecule has 0 spiro atoms. The standard InChI is InChI=1S/C14H21N3O3.ClH/c15-7-6-13(18)16-10-11-4-1-2-8-17(11)14(19)12-5-3-9-20-12;/h3,5,9,11H,1-2,4,6-8,10,15H2,(H,16,18);1H. The summed E-state index contributed by atoms with van der Waals surface area (Å²) in [7, 11) is 0. The van der Waals surface area contributed by atoms with Crippen LogP contribution in [0.2, 0.25) is 0 Å². The Kier molecular flexibility index (Phi) is 7.25. The number of halogens is 1. The Balaban J connectivity index is 0.00000220. The summed E-state index contributed by atoms with van der Waals surface area (Å²) in [5.41, 5.74) is 5.34. The number of furan rings is 1. The molecule has 0 aliphatic carbocycles. The number of carbonyl (C=O) groups is 2. The Morgan fingerprint density at radius 3 is 2.90 bits per heavy atom. The van der Waals surface area contributed by atoms with Crippen LogP contribution in [0.15, 0.2) is 22.8 Å². The first-order chi connectivity index (χ1) is 9.72. The first-order valence-corrected chi connectivity index (χ1v) is 7.03. The molecule has 1 saturated heterocycles. The van der Waals surface area contributed by atoms with Crippen LogP contribution in [0.25, 0.3) is 0 Å². The smallest absolute Gasteiger partial charge is 0.289 e. The lowest BCUT2D eigenvalue weighted by Crippen LogP contribution is -2.49. The number of rotatable bonds is 5. The summed E-state index contributed by atoms with van der Waals surface area (Å²) in [5, 5.41) is 2.84. The highest BCUT2D eigenvalue weighted by atomic mass is 35.5. The van der Waals surface area contributed by atoms with E-state index in [2.05, 4.69) is 5.32 Å². The topological polar surface area (TPSA) is 88.6 Å². The number of nitrogens with two attached hydrogens (primary N) is 1. The Morgan fingerprint density at radius 2 is 2.24 bits per heavy atom. The minimum Gasteiger partial charge on any atom is -0.459 e. The van der Waals surface area contributed by atoms with Crippen LogP contribution in [0, 0.1) is 0 Å². The van der Waals surface area contributed by atoms with E-state index in [4.69, 9.17) is 10.2 Å². The van der Waals surface area contributed by atoms with Gasteiger partial charge in [0.15, 0.2) is 5.76 Å². The zero-order valence-corrected chi connectivity index (χ0v) is 12.7. The second-order valence-corrected chi connectivity index (χ2v) is 4.97. The molecule has 0 aromatic carbocycles. The summed E-state index contributed by atoms with van der Waals surface area (Å²) in [6.07, 6.45) is 4.77. The third-order valence-corrected chi connectivity index (χ3v) is 3.53. The van der Waals surface area contributed by atoms with Gasteiger partial charge >= 0.3 is 0 Å². The maximum Gasteiger partial charge on any atom is 0.289 e. The van der Waals surface area contributed by atoms with Gasteiger partial charge < -0.3 is 20.4 Å². The van der Waals surface area contributed by atoms with Crippen molar-refractivity contribution in [3.63, 3.8) is 0 Å². The number of hydrogen-bond donors (Lipinski definition) is 2. The zero-order valence-electron chi connectivity index (χ0n) is 11.9. The van der Waals surface area contributed by atoms with E-state index in [0.717, 1.165) is 19.3 Å². The fraction of sp³-hybridized carbons (Fsp3) is 0.571. The van der Waals surface area contributed by atoms with Crippen molar-refractivity contribution in [2.75, 3.05) is 19.6 Å². The Bertz CT molecular complexity index is 450. The van der Waals surface area contributed by atoms with Crippen LogP contribution in [-0.2, 0) is 4.79 Å². The van der Waals surface area contributed by atoms with Crippen molar-refractivity contribution in [1.82, 2.24) is 10.2 Å². The quantitative estimate of drug-likeness (QED) is 0.853. The van der Waals surface area contributed by atoms with E-state index in [1.807, 2.05) is 0 Å². The fourth-order valence-corrected chi connectivity index (χ4v) is 2.47. The van der Waals surface area contributed by atoms with Gasteiger partial charge in [-0.15, -0.1) is 12.4 Å². The minimum absolute atomic E-state index is 0. The second kappa shape index (κ2) is 8.69. The number of nitrogens with zero attached hydrogens (tertiary/aromatic N) is 1. The van der Waals surface area contributed by atoms with Gasteiger partial charge in [0.25, 0.3) is 5.91 Å². The normalized spacial score (nSPS) is 18.0. The second-order valence-electron chi connectivity index (χ2n) is 4.97. The first-order valence-electron chi connectivity index (χ1n) is 7.03. The van der Waals surface area contributed by atoms with E-state index in [-0.39, 0.29) is 30.3 Å². The van der Waals surface area contributed by atoms with Crippen LogP contribution in [0.3, 0.4) is 0 Å². The van der Waals surface area contributed by atoms with Crippen molar-refractivity contribution in [1.29, 1.82) is 0 Å². The van der Waals surface area contributed by atoms with E-state index >= 15 is 0 Å². The Hall–Kier alpha value is -1.53. The summed E-state index contributed by atoms with van der Waals surface area (Å²) in [5.74, 6) is 0.182. The molecule has 1 unspecified atom stereocenters. The summed E-state index contributed by atoms with van der Waals surface area (Å²) < 4.78 is 5.17. The van der Waals surface area contributed by atoms with Gasteiger partial charge in [0.2, 0.25) is 5.91 Å². The lowest BCUT2D eigenvalue weighted by Gasteiger charge is -2.35. The van der Waals surface area contributed by atoms with Crippen molar-refractivity contribution in [3.05, 3.63) is 24.2 Å². The van der Waals surface area contributed by atoms with Crippen LogP contribution in [-0.4, -0.2) is 42.4 Å². The summed E-state index contributed by atoms with van der Waals surface area (Å²) in [6.45, 7) is 1.52. The van der Waals surface area contributed by atoms with Gasteiger partial charge in [0.05, 0.1) is 6.26 Å². The van der Waals surface area contributed by atoms with E-state index in [0.29, 0.717) is 31.8 Å². The molecular formula is C14H22ClN3O3. The lowest BCUT2D eigenvalue weighted by molar-refractivity contribution is -0.121. The minimum atomic E-state index is -0.104. The van der Waals surface area contributed by atoms with Gasteiger partial charge in [-0.3, -0.25) is 9.59 Å². The monoisotopic (exact) mass is 315 g/mol. The molecule has 1 aromatic rings. The molecule has 0 saturated carbocycles. The zero-order chi connectivity index (χ0) is 14.4. The van der Waals surface area contributed by atoms with Gasteiger partial charge in [-0.2, -0.15) is 0 Å². The maximum absolute atomic E-state index is 12.3. The molecule has 1 fully saturated rings. The molecular weight excluding hydrogens is 294 g/mol. The predicted octanol–water partition coefficient (Wildman–Crippen LogP) is 1.16. The van der Waals surface area contributed by atoms with Gasteiger partial charge in [0, 0.05) is 32.1 Å². The van der Waals surface area contributed by atoms with Gasteiger partial charge in [-0.25, -0.2) is 0 Å². The third-order valence-electron chi connectivity index (χ3n) is 3.53. The van der Waals surface area contributed by atoms with E-state index in [1.165, 1.54) is 6.26 Å². The Labute approximate surface area is 130 Å². The molecule has 3 N–H and O–H groups in total. The molecule has 1 aliphatic heterocycles. The predicted molar refractivity (Wildman–Crippen MR) is 81.3 cm³/mol. The molecule has 118 valence electrons. The highest BCUT2D eigenvalue weighted by Crippen LogP contribution is 2.19. The molecule has 0 radical (unpaired) electrons. The number of hydrogen-bond acceptors (Lipinski definition) is 4. The van der Waals surface area contributed by atoms with Crippen LogP contribution < -0.4 is 11.1 Å². The SMILES string of the molecule is Cl.NCCC(=O)NCC1CCCCN1C(=O)c1ccco1. The van der Waals surface area contributed by atoms with E-state index < -0.39 is 0 Å². The summed E-state index contributed by atoms with van der Waals surface area (Å²) in [4.78, 5) is 25.6. The molecule has 0 bridgehead atoms. The summed E-state index contributed by atoms with van der Waals surface area (Å²) >= 11 is 0. The van der Waals surface area contributed by atoms with Crippen molar-refractivity contribution in [2.24, 2.45) is 5.73 Å². The number of carbonyl (C=O) groups excluding carboxylic acids is 2. The van der Waals surface area contributed by atoms with Gasteiger partial charge in [-0.05, 0) is 31.4 Å². The van der Waals surface area contributed by atoms with Crippen LogP contribution in [0.4, 0.5) is 0 Å². The van der Waals surface area contributed by atoms with Gasteiger partial charge in [-0.1, -0.05) is 0 Å². The lowest BCUT2D eigenvalue weighted by atomic mass is 10.0. The summed E-state index contributed by atoms with van der Waals surface area (Å²) in [6, 6.07) is 3.40.